The van der Waals surface area contributed by atoms with E-state index in [1.165, 1.54) is 61.9 Å². The summed E-state index contributed by atoms with van der Waals surface area (Å²) in [5.41, 5.74) is 4.29. The molecule has 1 nitrogen and oxygen atoms in total. The van der Waals surface area contributed by atoms with Crippen molar-refractivity contribution in [1.82, 2.24) is 4.90 Å². The zero-order chi connectivity index (χ0) is 16.1. The second kappa shape index (κ2) is 9.99. The van der Waals surface area contributed by atoms with E-state index in [4.69, 9.17) is 11.6 Å². The maximum Gasteiger partial charge on any atom is 1.00 e. The SMILES string of the molecule is Cc1cc[c-]cc1.Clc1ccc2c(c1)CC(N1CCCC1)CC2.[Na+]. The van der Waals surface area contributed by atoms with Gasteiger partial charge in [0.1, 0.15) is 0 Å². The molecule has 0 saturated carbocycles. The van der Waals surface area contributed by atoms with Gasteiger partial charge in [0.05, 0.1) is 0 Å². The van der Waals surface area contributed by atoms with E-state index >= 15 is 0 Å². The average Bonchev–Trinajstić information content (AvgIpc) is 3.10. The number of hydrogen-bond acceptors (Lipinski definition) is 1. The van der Waals surface area contributed by atoms with E-state index in [1.54, 1.807) is 0 Å². The number of benzene rings is 2. The summed E-state index contributed by atoms with van der Waals surface area (Å²) in [5.74, 6) is 0. The van der Waals surface area contributed by atoms with Crippen molar-refractivity contribution in [3.63, 3.8) is 0 Å². The van der Waals surface area contributed by atoms with Gasteiger partial charge in [-0.25, -0.2) is 0 Å². The van der Waals surface area contributed by atoms with Gasteiger partial charge in [-0.05, 0) is 68.5 Å². The average molecular weight is 350 g/mol. The third kappa shape index (κ3) is 5.61. The topological polar surface area (TPSA) is 3.24 Å². The minimum Gasteiger partial charge on any atom is -0.300 e. The Balaban J connectivity index is 0.000000222. The zero-order valence-electron chi connectivity index (χ0n) is 14.9. The summed E-state index contributed by atoms with van der Waals surface area (Å²) in [4.78, 5) is 2.67. The van der Waals surface area contributed by atoms with Gasteiger partial charge in [-0.15, -0.1) is 0 Å². The number of likely N-dealkylation sites (tertiary alicyclic amines) is 1. The summed E-state index contributed by atoms with van der Waals surface area (Å²) >= 11 is 6.07. The first-order chi connectivity index (χ1) is 11.2. The molecule has 2 aliphatic rings. The summed E-state index contributed by atoms with van der Waals surface area (Å²) < 4.78 is 0. The number of aryl methyl sites for hydroxylation is 2. The van der Waals surface area contributed by atoms with E-state index in [9.17, 15) is 0 Å². The molecule has 1 unspecified atom stereocenters. The molecule has 0 bridgehead atoms. The fourth-order valence-corrected chi connectivity index (χ4v) is 3.79. The van der Waals surface area contributed by atoms with Crippen LogP contribution in [0.1, 0.15) is 36.0 Å². The van der Waals surface area contributed by atoms with Crippen LogP contribution in [0.5, 0.6) is 0 Å². The fraction of sp³-hybridized carbons (Fsp3) is 0.429. The minimum atomic E-state index is 0. The second-order valence-electron chi connectivity index (χ2n) is 6.63. The van der Waals surface area contributed by atoms with Crippen LogP contribution in [0.3, 0.4) is 0 Å². The van der Waals surface area contributed by atoms with Crippen molar-refractivity contribution in [1.29, 1.82) is 0 Å². The van der Waals surface area contributed by atoms with Gasteiger partial charge >= 0.3 is 29.6 Å². The molecule has 0 amide bonds. The largest absolute Gasteiger partial charge is 1.00 e. The minimum absolute atomic E-state index is 0. The van der Waals surface area contributed by atoms with E-state index in [2.05, 4.69) is 30.0 Å². The van der Waals surface area contributed by atoms with E-state index in [0.717, 1.165) is 11.1 Å². The van der Waals surface area contributed by atoms with Crippen molar-refractivity contribution >= 4 is 11.6 Å². The van der Waals surface area contributed by atoms with Crippen LogP contribution in [-0.4, -0.2) is 24.0 Å². The molecule has 1 aliphatic carbocycles. The maximum atomic E-state index is 6.07. The van der Waals surface area contributed by atoms with Crippen molar-refractivity contribution < 1.29 is 29.6 Å². The number of fused-ring (bicyclic) bond motifs is 1. The predicted octanol–water partition coefficient (Wildman–Crippen LogP) is 2.09. The normalized spacial score (nSPS) is 19.7. The quantitative estimate of drug-likeness (QED) is 0.563. The smallest absolute Gasteiger partial charge is 0.300 e. The Bertz CT molecular complexity index is 623. The summed E-state index contributed by atoms with van der Waals surface area (Å²) in [6.45, 7) is 4.68. The summed E-state index contributed by atoms with van der Waals surface area (Å²) in [5, 5.41) is 0.890. The molecule has 2 aromatic carbocycles. The van der Waals surface area contributed by atoms with Crippen molar-refractivity contribution in [3.8, 4) is 0 Å². The molecule has 2 aromatic rings. The molecule has 0 aromatic heterocycles. The summed E-state index contributed by atoms with van der Waals surface area (Å²) in [6, 6.07) is 18.0. The molecule has 1 heterocycles. The molecular formula is C21H25ClNNa. The third-order valence-electron chi connectivity index (χ3n) is 4.91. The van der Waals surface area contributed by atoms with Crippen LogP contribution in [-0.2, 0) is 12.8 Å². The van der Waals surface area contributed by atoms with E-state index in [-0.39, 0.29) is 29.6 Å². The van der Waals surface area contributed by atoms with Crippen molar-refractivity contribution in [2.24, 2.45) is 0 Å². The Morgan fingerprint density at radius 2 is 1.75 bits per heavy atom. The van der Waals surface area contributed by atoms with Gasteiger partial charge in [-0.1, -0.05) is 24.6 Å². The van der Waals surface area contributed by atoms with Crippen LogP contribution < -0.4 is 29.6 Å². The second-order valence-corrected chi connectivity index (χ2v) is 7.07. The van der Waals surface area contributed by atoms with Gasteiger partial charge in [-0.2, -0.15) is 35.9 Å². The van der Waals surface area contributed by atoms with Crippen LogP contribution >= 0.6 is 11.6 Å². The van der Waals surface area contributed by atoms with Crippen LogP contribution in [0, 0.1) is 13.0 Å². The Kier molecular flexibility index (Phi) is 8.33. The number of halogens is 1. The van der Waals surface area contributed by atoms with Crippen LogP contribution in [0.2, 0.25) is 5.02 Å². The number of rotatable bonds is 1. The standard InChI is InChI=1S/C14H18ClN.C7H7.Na/c15-13-5-3-11-4-6-14(10-12(11)9-13)16-7-1-2-8-16;1-7-5-3-2-4-6-7;/h3,5,9,14H,1-2,4,6-8,10H2;3-6H,1H3;/q;-1;+1. The Labute approximate surface area is 173 Å². The number of nitrogens with zero attached hydrogens (tertiary/aromatic N) is 1. The molecule has 4 rings (SSSR count). The molecule has 24 heavy (non-hydrogen) atoms. The third-order valence-corrected chi connectivity index (χ3v) is 5.15. The molecule has 122 valence electrons. The van der Waals surface area contributed by atoms with Gasteiger partial charge in [0.2, 0.25) is 0 Å². The predicted molar refractivity (Wildman–Crippen MR) is 98.1 cm³/mol. The van der Waals surface area contributed by atoms with E-state index in [1.807, 2.05) is 30.3 Å². The molecule has 0 radical (unpaired) electrons. The van der Waals surface area contributed by atoms with Crippen molar-refractivity contribution in [2.45, 2.75) is 45.1 Å². The molecule has 1 fully saturated rings. The zero-order valence-corrected chi connectivity index (χ0v) is 17.6. The fourth-order valence-electron chi connectivity index (χ4n) is 3.60. The number of hydrogen-bond donors (Lipinski definition) is 0. The van der Waals surface area contributed by atoms with E-state index < -0.39 is 0 Å². The Morgan fingerprint density at radius 3 is 2.38 bits per heavy atom. The molecule has 1 atom stereocenters. The van der Waals surface area contributed by atoms with Gasteiger partial charge in [-0.3, -0.25) is 0 Å². The summed E-state index contributed by atoms with van der Waals surface area (Å²) in [7, 11) is 0. The van der Waals surface area contributed by atoms with Gasteiger partial charge in [0.25, 0.3) is 0 Å². The molecule has 1 aliphatic heterocycles. The molecule has 1 saturated heterocycles. The molecule has 3 heteroatoms. The first kappa shape index (κ1) is 20.0. The van der Waals surface area contributed by atoms with Crippen LogP contribution in [0.15, 0.2) is 42.5 Å². The molecule has 0 N–H and O–H groups in total. The van der Waals surface area contributed by atoms with Gasteiger partial charge < -0.3 is 4.90 Å². The summed E-state index contributed by atoms with van der Waals surface area (Å²) in [6.07, 6.45) is 6.54. The molecule has 0 spiro atoms. The van der Waals surface area contributed by atoms with E-state index in [0.29, 0.717) is 0 Å². The Hall–Kier alpha value is -0.310. The van der Waals surface area contributed by atoms with Crippen molar-refractivity contribution in [3.05, 3.63) is 70.2 Å². The van der Waals surface area contributed by atoms with Gasteiger partial charge in [0, 0.05) is 11.1 Å². The van der Waals surface area contributed by atoms with Crippen LogP contribution in [0.25, 0.3) is 0 Å². The monoisotopic (exact) mass is 349 g/mol. The Morgan fingerprint density at radius 1 is 1.04 bits per heavy atom. The first-order valence-electron chi connectivity index (χ1n) is 8.66. The van der Waals surface area contributed by atoms with Crippen molar-refractivity contribution in [2.75, 3.05) is 13.1 Å². The van der Waals surface area contributed by atoms with Gasteiger partial charge in [0.15, 0.2) is 0 Å². The maximum absolute atomic E-state index is 6.07. The first-order valence-corrected chi connectivity index (χ1v) is 9.04. The molecular weight excluding hydrogens is 325 g/mol. The van der Waals surface area contributed by atoms with Crippen LogP contribution in [0.4, 0.5) is 0 Å².